The van der Waals surface area contributed by atoms with Crippen LogP contribution in [-0.2, 0) is 0 Å². The van der Waals surface area contributed by atoms with Gasteiger partial charge in [-0.25, -0.2) is 0 Å². The molecule has 30 heavy (non-hydrogen) atoms. The zero-order valence-electron chi connectivity index (χ0n) is 18.3. The molecule has 1 aromatic heterocycles. The lowest BCUT2D eigenvalue weighted by atomic mass is 9.91. The van der Waals surface area contributed by atoms with Crippen LogP contribution in [0, 0.1) is 20.8 Å². The summed E-state index contributed by atoms with van der Waals surface area (Å²) >= 11 is 0. The van der Waals surface area contributed by atoms with Crippen molar-refractivity contribution in [3.05, 3.63) is 100 Å². The molecule has 2 heterocycles. The third-order valence-corrected chi connectivity index (χ3v) is 6.07. The van der Waals surface area contributed by atoms with Crippen LogP contribution >= 0.6 is 0 Å². The predicted molar refractivity (Wildman–Crippen MR) is 125 cm³/mol. The molecule has 1 aliphatic heterocycles. The molecule has 154 valence electrons. The molecular weight excluding hydrogens is 366 g/mol. The Hall–Kier alpha value is -2.78. The lowest BCUT2D eigenvalue weighted by Gasteiger charge is -2.37. The fourth-order valence-corrected chi connectivity index (χ4v) is 4.34. The van der Waals surface area contributed by atoms with E-state index in [2.05, 4.69) is 72.3 Å². The van der Waals surface area contributed by atoms with E-state index in [-0.39, 0.29) is 0 Å². The van der Waals surface area contributed by atoms with E-state index in [1.807, 2.05) is 31.3 Å². The van der Waals surface area contributed by atoms with Gasteiger partial charge in [-0.1, -0.05) is 60.2 Å². The van der Waals surface area contributed by atoms with Gasteiger partial charge in [0.2, 0.25) is 0 Å². The van der Waals surface area contributed by atoms with Crippen LogP contribution in [0.4, 0.5) is 0 Å². The predicted octanol–water partition coefficient (Wildman–Crippen LogP) is 5.68. The zero-order valence-corrected chi connectivity index (χ0v) is 18.3. The van der Waals surface area contributed by atoms with E-state index >= 15 is 0 Å². The molecule has 0 N–H and O–H groups in total. The third kappa shape index (κ3) is 4.85. The van der Waals surface area contributed by atoms with Gasteiger partial charge < -0.3 is 0 Å². The van der Waals surface area contributed by atoms with Crippen molar-refractivity contribution in [2.75, 3.05) is 13.1 Å². The molecule has 1 unspecified atom stereocenters. The largest absolute Gasteiger partial charge is 0.292 e. The Kier molecular flexibility index (Phi) is 6.39. The van der Waals surface area contributed by atoms with Crippen LogP contribution in [0.2, 0.25) is 0 Å². The fraction of sp³-hybridized carbons (Fsp3) is 0.333. The van der Waals surface area contributed by atoms with Gasteiger partial charge in [-0.2, -0.15) is 0 Å². The maximum Gasteiger partial charge on any atom is 0.0811 e. The van der Waals surface area contributed by atoms with Gasteiger partial charge in [0, 0.05) is 25.0 Å². The molecule has 1 fully saturated rings. The first-order valence-electron chi connectivity index (χ1n) is 10.9. The molecule has 1 aliphatic rings. The van der Waals surface area contributed by atoms with Gasteiger partial charge in [-0.05, 0) is 62.4 Å². The summed E-state index contributed by atoms with van der Waals surface area (Å²) in [6, 6.07) is 24.6. The third-order valence-electron chi connectivity index (χ3n) is 6.07. The number of likely N-dealkylation sites (tertiary alicyclic amines) is 1. The molecule has 3 heteroatoms. The quantitative estimate of drug-likeness (QED) is 0.518. The lowest BCUT2D eigenvalue weighted by molar-refractivity contribution is 0.175. The van der Waals surface area contributed by atoms with Crippen LogP contribution in [0.25, 0.3) is 0 Å². The molecule has 0 aliphatic carbocycles. The van der Waals surface area contributed by atoms with Crippen molar-refractivity contribution in [1.29, 1.82) is 0 Å². The summed E-state index contributed by atoms with van der Waals surface area (Å²) in [5.74, 6) is 0. The summed E-state index contributed by atoms with van der Waals surface area (Å²) in [6.45, 7) is 8.50. The molecule has 0 saturated carbocycles. The Morgan fingerprint density at radius 3 is 2.33 bits per heavy atom. The number of rotatable bonds is 5. The van der Waals surface area contributed by atoms with E-state index < -0.39 is 0 Å². The minimum absolute atomic E-state index is 0.301. The van der Waals surface area contributed by atoms with Crippen LogP contribution in [0.3, 0.4) is 0 Å². The highest BCUT2D eigenvalue weighted by Crippen LogP contribution is 2.33. The SMILES string of the molecule is Cc1ccc(C(c2ccccc2C)N2CCC(/N=C/c3cccc(C)n3)CC2)cc1. The molecule has 3 aromatic rings. The maximum absolute atomic E-state index is 4.85. The second-order valence-electron chi connectivity index (χ2n) is 8.42. The number of piperidine rings is 1. The van der Waals surface area contributed by atoms with Crippen LogP contribution in [0.5, 0.6) is 0 Å². The topological polar surface area (TPSA) is 28.5 Å². The van der Waals surface area contributed by atoms with Crippen LogP contribution in [-0.4, -0.2) is 35.2 Å². The molecule has 4 rings (SSSR count). The highest BCUT2D eigenvalue weighted by molar-refractivity contribution is 5.77. The zero-order chi connectivity index (χ0) is 20.9. The second-order valence-corrected chi connectivity index (χ2v) is 8.42. The minimum atomic E-state index is 0.301. The lowest BCUT2D eigenvalue weighted by Crippen LogP contribution is -2.38. The van der Waals surface area contributed by atoms with Gasteiger partial charge in [0.1, 0.15) is 0 Å². The number of aryl methyl sites for hydroxylation is 3. The molecular formula is C27H31N3. The smallest absolute Gasteiger partial charge is 0.0811 e. The highest BCUT2D eigenvalue weighted by atomic mass is 15.2. The summed E-state index contributed by atoms with van der Waals surface area (Å²) in [5.41, 5.74) is 7.43. The summed E-state index contributed by atoms with van der Waals surface area (Å²) in [6.07, 6.45) is 4.11. The van der Waals surface area contributed by atoms with E-state index in [0.717, 1.165) is 37.3 Å². The number of benzene rings is 2. The standard InChI is InChI=1S/C27H31N3/c1-20-11-13-23(14-12-20)27(26-10-5-4-7-21(26)2)30-17-15-24(16-18-30)28-19-25-9-6-8-22(3)29-25/h4-14,19,24,27H,15-18H2,1-3H3/b28-19+. The summed E-state index contributed by atoms with van der Waals surface area (Å²) in [7, 11) is 0. The molecule has 0 bridgehead atoms. The summed E-state index contributed by atoms with van der Waals surface area (Å²) < 4.78 is 0. The number of aliphatic imine (C=N–C) groups is 1. The number of pyridine rings is 1. The second kappa shape index (κ2) is 9.36. The van der Waals surface area contributed by atoms with Gasteiger partial charge in [0.15, 0.2) is 0 Å². The molecule has 2 aromatic carbocycles. The van der Waals surface area contributed by atoms with E-state index in [1.54, 1.807) is 0 Å². The Bertz CT molecular complexity index is 999. The summed E-state index contributed by atoms with van der Waals surface area (Å²) in [4.78, 5) is 12.0. The van der Waals surface area contributed by atoms with Crippen LogP contribution in [0.1, 0.15) is 52.5 Å². The number of hydrogen-bond acceptors (Lipinski definition) is 3. The van der Waals surface area contributed by atoms with Crippen molar-refractivity contribution < 1.29 is 0 Å². The Labute approximate surface area is 180 Å². The fourth-order valence-electron chi connectivity index (χ4n) is 4.34. The Morgan fingerprint density at radius 2 is 1.63 bits per heavy atom. The maximum atomic E-state index is 4.85. The normalized spacial score (nSPS) is 16.8. The number of nitrogens with zero attached hydrogens (tertiary/aromatic N) is 3. The highest BCUT2D eigenvalue weighted by Gasteiger charge is 2.27. The van der Waals surface area contributed by atoms with Gasteiger partial charge in [-0.3, -0.25) is 14.9 Å². The van der Waals surface area contributed by atoms with Crippen molar-refractivity contribution in [2.24, 2.45) is 4.99 Å². The van der Waals surface area contributed by atoms with E-state index in [4.69, 9.17) is 4.99 Å². The summed E-state index contributed by atoms with van der Waals surface area (Å²) in [5, 5.41) is 0. The van der Waals surface area contributed by atoms with Gasteiger partial charge in [-0.15, -0.1) is 0 Å². The van der Waals surface area contributed by atoms with Crippen LogP contribution in [0.15, 0.2) is 71.7 Å². The Morgan fingerprint density at radius 1 is 0.900 bits per heavy atom. The van der Waals surface area contributed by atoms with Crippen molar-refractivity contribution in [3.63, 3.8) is 0 Å². The van der Waals surface area contributed by atoms with Gasteiger partial charge in [0.25, 0.3) is 0 Å². The molecule has 0 spiro atoms. The van der Waals surface area contributed by atoms with Crippen molar-refractivity contribution in [3.8, 4) is 0 Å². The van der Waals surface area contributed by atoms with Gasteiger partial charge in [0.05, 0.1) is 17.8 Å². The molecule has 3 nitrogen and oxygen atoms in total. The first kappa shape index (κ1) is 20.5. The average molecular weight is 398 g/mol. The van der Waals surface area contributed by atoms with Gasteiger partial charge >= 0.3 is 0 Å². The van der Waals surface area contributed by atoms with Crippen molar-refractivity contribution in [2.45, 2.75) is 45.7 Å². The first-order valence-corrected chi connectivity index (χ1v) is 10.9. The average Bonchev–Trinajstić information content (AvgIpc) is 2.76. The first-order chi connectivity index (χ1) is 14.6. The van der Waals surface area contributed by atoms with Crippen molar-refractivity contribution >= 4 is 6.21 Å². The molecule has 1 saturated heterocycles. The van der Waals surface area contributed by atoms with E-state index in [0.29, 0.717) is 12.1 Å². The number of hydrogen-bond donors (Lipinski definition) is 0. The van der Waals surface area contributed by atoms with Crippen LogP contribution < -0.4 is 0 Å². The van der Waals surface area contributed by atoms with E-state index in [1.165, 1.54) is 22.3 Å². The number of aromatic nitrogens is 1. The molecule has 0 amide bonds. The molecule has 0 radical (unpaired) electrons. The van der Waals surface area contributed by atoms with Crippen molar-refractivity contribution in [1.82, 2.24) is 9.88 Å². The monoisotopic (exact) mass is 397 g/mol. The minimum Gasteiger partial charge on any atom is -0.292 e. The Balaban J connectivity index is 1.51. The van der Waals surface area contributed by atoms with E-state index in [9.17, 15) is 0 Å². The molecule has 1 atom stereocenters.